The molecule has 168 valence electrons. The molecule has 6 atom stereocenters. The van der Waals surface area contributed by atoms with Gasteiger partial charge in [-0.1, -0.05) is 109 Å². The lowest BCUT2D eigenvalue weighted by Crippen LogP contribution is -2.35. The van der Waals surface area contributed by atoms with Crippen molar-refractivity contribution in [3.05, 3.63) is 176 Å². The van der Waals surface area contributed by atoms with E-state index in [1.54, 1.807) is 33.4 Å². The molecule has 0 radical (unpaired) electrons. The van der Waals surface area contributed by atoms with Gasteiger partial charge in [-0.15, -0.1) is 0 Å². The van der Waals surface area contributed by atoms with E-state index in [4.69, 9.17) is 0 Å². The highest BCUT2D eigenvalue weighted by atomic mass is 14.5. The van der Waals surface area contributed by atoms with Crippen LogP contribution in [0.2, 0.25) is 0 Å². The summed E-state index contributed by atoms with van der Waals surface area (Å²) in [6, 6.07) is 27.7. The summed E-state index contributed by atoms with van der Waals surface area (Å²) in [6.45, 7) is 0. The summed E-state index contributed by atoms with van der Waals surface area (Å²) in [5.74, 6) is 2.17. The van der Waals surface area contributed by atoms with Gasteiger partial charge in [0.2, 0.25) is 0 Å². The van der Waals surface area contributed by atoms with Gasteiger partial charge in [-0.25, -0.2) is 0 Å². The molecule has 9 aliphatic rings. The molecule has 0 nitrogen and oxygen atoms in total. The first-order valence-electron chi connectivity index (χ1n) is 13.4. The van der Waals surface area contributed by atoms with Gasteiger partial charge < -0.3 is 0 Å². The summed E-state index contributed by atoms with van der Waals surface area (Å²) < 4.78 is 0. The van der Waals surface area contributed by atoms with E-state index in [0.717, 1.165) is 0 Å². The van der Waals surface area contributed by atoms with Crippen molar-refractivity contribution in [2.24, 2.45) is 0 Å². The molecular weight excluding hydrogens is 432 g/mol. The second-order valence-corrected chi connectivity index (χ2v) is 11.4. The van der Waals surface area contributed by atoms with Gasteiger partial charge in [0.15, 0.2) is 0 Å². The van der Waals surface area contributed by atoms with E-state index >= 15 is 0 Å². The predicted octanol–water partition coefficient (Wildman–Crippen LogP) is 8.13. The highest BCUT2D eigenvalue weighted by molar-refractivity contribution is 5.78. The third-order valence-electron chi connectivity index (χ3n) is 10.1. The van der Waals surface area contributed by atoms with Gasteiger partial charge in [0.25, 0.3) is 0 Å². The van der Waals surface area contributed by atoms with E-state index in [1.165, 1.54) is 33.4 Å². The van der Waals surface area contributed by atoms with Crippen LogP contribution in [-0.2, 0) is 0 Å². The largest absolute Gasteiger partial charge is 0.0757 e. The molecule has 0 saturated heterocycles. The van der Waals surface area contributed by atoms with Crippen LogP contribution in [0.25, 0.3) is 0 Å². The van der Waals surface area contributed by atoms with E-state index in [9.17, 15) is 0 Å². The monoisotopic (exact) mass is 456 g/mol. The molecule has 0 spiro atoms. The molecule has 36 heavy (non-hydrogen) atoms. The molecule has 6 bridgehead atoms. The fourth-order valence-electron chi connectivity index (χ4n) is 8.91. The second-order valence-electron chi connectivity index (χ2n) is 11.4. The van der Waals surface area contributed by atoms with Gasteiger partial charge in [-0.3, -0.25) is 0 Å². The van der Waals surface area contributed by atoms with Crippen molar-refractivity contribution in [3.63, 3.8) is 0 Å². The summed E-state index contributed by atoms with van der Waals surface area (Å²) in [5.41, 5.74) is 19.0. The molecule has 0 heterocycles. The summed E-state index contributed by atoms with van der Waals surface area (Å²) in [6.07, 6.45) is 15.1. The molecule has 0 amide bonds. The number of rotatable bonds is 0. The third-order valence-corrected chi connectivity index (χ3v) is 10.1. The van der Waals surface area contributed by atoms with Gasteiger partial charge in [0.05, 0.1) is 0 Å². The predicted molar refractivity (Wildman–Crippen MR) is 144 cm³/mol. The number of hydrogen-bond acceptors (Lipinski definition) is 0. The van der Waals surface area contributed by atoms with Crippen LogP contribution >= 0.6 is 0 Å². The Bertz CT molecular complexity index is 1420. The molecule has 0 unspecified atom stereocenters. The van der Waals surface area contributed by atoms with E-state index in [2.05, 4.69) is 109 Å². The number of hydrogen-bond donors (Lipinski definition) is 0. The van der Waals surface area contributed by atoms with Crippen molar-refractivity contribution >= 4 is 0 Å². The Hall–Kier alpha value is -3.90. The van der Waals surface area contributed by atoms with Gasteiger partial charge in [-0.05, 0) is 66.8 Å². The van der Waals surface area contributed by atoms with Gasteiger partial charge in [0, 0.05) is 35.5 Å². The normalized spacial score (nSPS) is 29.3. The fraction of sp³-hybridized carbons (Fsp3) is 0.167. The zero-order chi connectivity index (χ0) is 23.1. The average molecular weight is 457 g/mol. The van der Waals surface area contributed by atoms with Crippen molar-refractivity contribution < 1.29 is 0 Å². The molecule has 13 rings (SSSR count). The maximum Gasteiger partial charge on any atom is 0.0279 e. The molecular formula is C36H24. The standard InChI is InChI=1S/C36H24/c1-2-8-20-19(7-1)25-13-14-26(20)32-31(25)33-27-15-16-29(22-10-4-3-9-21(22)27)35(33)36-30-18-17-28(34(32)36)23-11-5-6-12-24(23)30/h1-18,25-30H/t25-,26+,27-,28-,29+,30+. The van der Waals surface area contributed by atoms with Gasteiger partial charge in [0.1, 0.15) is 0 Å². The Kier molecular flexibility index (Phi) is 3.10. The molecule has 0 heteroatoms. The van der Waals surface area contributed by atoms with Crippen molar-refractivity contribution in [1.29, 1.82) is 0 Å². The maximum absolute atomic E-state index is 2.52. The van der Waals surface area contributed by atoms with Crippen LogP contribution in [0.1, 0.15) is 102 Å². The average Bonchev–Trinajstić information content (AvgIpc) is 2.97. The van der Waals surface area contributed by atoms with Gasteiger partial charge in [-0.2, -0.15) is 0 Å². The lowest BCUT2D eigenvalue weighted by Gasteiger charge is -2.50. The SMILES string of the molecule is C1=C[C@H]2c3ccccc3[C@@H]1c1c3c(c4c(c12)[C@@H]1C=C[C@H]4c2ccccc21)[C@H]1C=C[C@@H]3c2ccccc21. The highest BCUT2D eigenvalue weighted by Gasteiger charge is 2.49. The topological polar surface area (TPSA) is 0 Å². The minimum Gasteiger partial charge on any atom is -0.0757 e. The Morgan fingerprint density at radius 3 is 0.583 bits per heavy atom. The number of allylic oxidation sites excluding steroid dienone is 6. The summed E-state index contributed by atoms with van der Waals surface area (Å²) in [7, 11) is 0. The lowest BCUT2D eigenvalue weighted by atomic mass is 9.53. The van der Waals surface area contributed by atoms with E-state index in [0.29, 0.717) is 35.5 Å². The van der Waals surface area contributed by atoms with Crippen LogP contribution in [0.4, 0.5) is 0 Å². The van der Waals surface area contributed by atoms with Crippen molar-refractivity contribution in [1.82, 2.24) is 0 Å². The highest BCUT2D eigenvalue weighted by Crippen LogP contribution is 2.64. The number of benzene rings is 4. The molecule has 0 fully saturated rings. The minimum absolute atomic E-state index is 0.361. The molecule has 4 aromatic carbocycles. The van der Waals surface area contributed by atoms with E-state index < -0.39 is 0 Å². The molecule has 0 aromatic heterocycles. The molecule has 0 saturated carbocycles. The zero-order valence-corrected chi connectivity index (χ0v) is 19.9. The van der Waals surface area contributed by atoms with Crippen molar-refractivity contribution in [3.8, 4) is 0 Å². The Balaban J connectivity index is 1.38. The quantitative estimate of drug-likeness (QED) is 0.234. The van der Waals surface area contributed by atoms with Crippen LogP contribution in [0, 0.1) is 0 Å². The fourth-order valence-corrected chi connectivity index (χ4v) is 8.91. The van der Waals surface area contributed by atoms with Crippen molar-refractivity contribution in [2.45, 2.75) is 35.5 Å². The van der Waals surface area contributed by atoms with Crippen LogP contribution in [0.15, 0.2) is 109 Å². The zero-order valence-electron chi connectivity index (χ0n) is 19.9. The summed E-state index contributed by atoms with van der Waals surface area (Å²) in [4.78, 5) is 0. The van der Waals surface area contributed by atoms with Crippen LogP contribution in [0.3, 0.4) is 0 Å². The molecule has 0 aliphatic heterocycles. The van der Waals surface area contributed by atoms with Gasteiger partial charge >= 0.3 is 0 Å². The lowest BCUT2D eigenvalue weighted by molar-refractivity contribution is 0.688. The van der Waals surface area contributed by atoms with E-state index in [1.807, 2.05) is 0 Å². The van der Waals surface area contributed by atoms with Crippen LogP contribution in [-0.4, -0.2) is 0 Å². The smallest absolute Gasteiger partial charge is 0.0279 e. The first kappa shape index (κ1) is 18.4. The molecule has 9 aliphatic carbocycles. The second kappa shape index (κ2) is 6.08. The van der Waals surface area contributed by atoms with Crippen LogP contribution < -0.4 is 0 Å². The first-order chi connectivity index (χ1) is 17.9. The van der Waals surface area contributed by atoms with E-state index in [-0.39, 0.29) is 0 Å². The Morgan fingerprint density at radius 1 is 0.250 bits per heavy atom. The molecule has 4 aromatic rings. The van der Waals surface area contributed by atoms with Crippen LogP contribution in [0.5, 0.6) is 0 Å². The van der Waals surface area contributed by atoms with Crippen molar-refractivity contribution in [2.75, 3.05) is 0 Å². The summed E-state index contributed by atoms with van der Waals surface area (Å²) in [5, 5.41) is 0. The minimum atomic E-state index is 0.361. The molecule has 0 N–H and O–H groups in total. The summed E-state index contributed by atoms with van der Waals surface area (Å²) >= 11 is 0. The Labute approximate surface area is 211 Å². The first-order valence-corrected chi connectivity index (χ1v) is 13.4. The Morgan fingerprint density at radius 2 is 0.417 bits per heavy atom. The third kappa shape index (κ3) is 1.89. The maximum atomic E-state index is 2.52.